The molecule has 2 rings (SSSR count). The molecule has 0 radical (unpaired) electrons. The molecule has 0 spiro atoms. The first-order chi connectivity index (χ1) is 11.5. The summed E-state index contributed by atoms with van der Waals surface area (Å²) in [6, 6.07) is 5.92. The number of benzene rings is 2. The normalized spacial score (nSPS) is 11.6. The highest BCUT2D eigenvalue weighted by molar-refractivity contribution is 9.10. The van der Waals surface area contributed by atoms with Gasteiger partial charge in [-0.3, -0.25) is 0 Å². The third-order valence-corrected chi connectivity index (χ3v) is 5.64. The molecular formula is C16H14BrF2NO4S. The first-order valence-electron chi connectivity index (χ1n) is 6.94. The Balaban J connectivity index is 2.44. The fourth-order valence-electron chi connectivity index (χ4n) is 1.95. The average Bonchev–Trinajstić information content (AvgIpc) is 2.52. The Kier molecular flexibility index (Phi) is 5.60. The molecule has 2 aromatic rings. The van der Waals surface area contributed by atoms with Crippen LogP contribution in [0.2, 0.25) is 0 Å². The zero-order chi connectivity index (χ0) is 18.9. The Morgan fingerprint density at radius 2 is 1.80 bits per heavy atom. The van der Waals surface area contributed by atoms with Crippen molar-refractivity contribution in [1.82, 2.24) is 4.31 Å². The van der Waals surface area contributed by atoms with Gasteiger partial charge in [-0.25, -0.2) is 21.9 Å². The van der Waals surface area contributed by atoms with Crippen molar-refractivity contribution in [3.05, 3.63) is 57.6 Å². The largest absolute Gasteiger partial charge is 0.420 e. The monoisotopic (exact) mass is 433 g/mol. The van der Waals surface area contributed by atoms with E-state index in [-0.39, 0.29) is 14.9 Å². The second-order valence-corrected chi connectivity index (χ2v) is 8.42. The van der Waals surface area contributed by atoms with E-state index in [0.717, 1.165) is 22.5 Å². The molecule has 0 atom stereocenters. The third kappa shape index (κ3) is 4.05. The van der Waals surface area contributed by atoms with E-state index in [0.29, 0.717) is 5.56 Å². The molecule has 0 bridgehead atoms. The van der Waals surface area contributed by atoms with Crippen molar-refractivity contribution in [2.75, 3.05) is 14.1 Å². The van der Waals surface area contributed by atoms with Crippen LogP contribution in [0.1, 0.15) is 15.9 Å². The highest BCUT2D eigenvalue weighted by atomic mass is 79.9. The van der Waals surface area contributed by atoms with Crippen molar-refractivity contribution in [2.24, 2.45) is 0 Å². The third-order valence-electron chi connectivity index (χ3n) is 3.37. The summed E-state index contributed by atoms with van der Waals surface area (Å²) in [5, 5.41) is 0. The SMILES string of the molecule is Cc1ccc(S(=O)(=O)N(C)C)cc1C(=O)Oc1cc(Br)cc(F)c1F. The van der Waals surface area contributed by atoms with Crippen LogP contribution in [-0.4, -0.2) is 32.8 Å². The van der Waals surface area contributed by atoms with Crippen molar-refractivity contribution in [2.45, 2.75) is 11.8 Å². The van der Waals surface area contributed by atoms with Gasteiger partial charge in [0.1, 0.15) is 0 Å². The summed E-state index contributed by atoms with van der Waals surface area (Å²) in [5.41, 5.74) is 0.362. The molecule has 0 amide bonds. The van der Waals surface area contributed by atoms with Gasteiger partial charge in [-0.2, -0.15) is 4.39 Å². The van der Waals surface area contributed by atoms with E-state index < -0.39 is 33.4 Å². The molecular weight excluding hydrogens is 420 g/mol. The predicted octanol–water partition coefficient (Wildman–Crippen LogP) is 3.51. The molecule has 2 aromatic carbocycles. The van der Waals surface area contributed by atoms with Crippen LogP contribution in [0, 0.1) is 18.6 Å². The fraction of sp³-hybridized carbons (Fsp3) is 0.188. The number of nitrogens with zero attached hydrogens (tertiary/aromatic N) is 1. The summed E-state index contributed by atoms with van der Waals surface area (Å²) >= 11 is 2.98. The number of esters is 1. The lowest BCUT2D eigenvalue weighted by Crippen LogP contribution is -2.23. The van der Waals surface area contributed by atoms with Crippen LogP contribution in [0.25, 0.3) is 0 Å². The summed E-state index contributed by atoms with van der Waals surface area (Å²) in [6.45, 7) is 1.57. The molecule has 0 heterocycles. The van der Waals surface area contributed by atoms with Gasteiger partial charge in [-0.15, -0.1) is 0 Å². The molecule has 0 saturated heterocycles. The van der Waals surface area contributed by atoms with Gasteiger partial charge in [0.2, 0.25) is 15.8 Å². The van der Waals surface area contributed by atoms with Crippen molar-refractivity contribution >= 4 is 31.9 Å². The van der Waals surface area contributed by atoms with Crippen molar-refractivity contribution in [1.29, 1.82) is 0 Å². The van der Waals surface area contributed by atoms with Gasteiger partial charge < -0.3 is 4.74 Å². The zero-order valence-electron chi connectivity index (χ0n) is 13.5. The summed E-state index contributed by atoms with van der Waals surface area (Å²) in [7, 11) is -1.05. The Bertz CT molecular complexity index is 945. The first kappa shape index (κ1) is 19.5. The highest BCUT2D eigenvalue weighted by Gasteiger charge is 2.22. The first-order valence-corrected chi connectivity index (χ1v) is 9.17. The number of sulfonamides is 1. The Morgan fingerprint density at radius 1 is 1.16 bits per heavy atom. The molecule has 134 valence electrons. The molecule has 25 heavy (non-hydrogen) atoms. The van der Waals surface area contributed by atoms with E-state index in [2.05, 4.69) is 15.9 Å². The topological polar surface area (TPSA) is 63.7 Å². The standard InChI is InChI=1S/C16H14BrF2NO4S/c1-9-4-5-11(25(22,23)20(2)3)8-12(9)16(21)24-14-7-10(17)6-13(18)15(14)19/h4-8H,1-3H3. The molecule has 0 aliphatic rings. The van der Waals surface area contributed by atoms with Crippen LogP contribution in [0.3, 0.4) is 0 Å². The Morgan fingerprint density at radius 3 is 2.40 bits per heavy atom. The van der Waals surface area contributed by atoms with Crippen molar-refractivity contribution in [3.8, 4) is 5.75 Å². The van der Waals surface area contributed by atoms with E-state index in [1.807, 2.05) is 0 Å². The van der Waals surface area contributed by atoms with Crippen molar-refractivity contribution in [3.63, 3.8) is 0 Å². The average molecular weight is 434 g/mol. The van der Waals surface area contributed by atoms with Gasteiger partial charge in [-0.1, -0.05) is 22.0 Å². The second-order valence-electron chi connectivity index (χ2n) is 5.35. The molecule has 0 aliphatic heterocycles. The zero-order valence-corrected chi connectivity index (χ0v) is 15.9. The summed E-state index contributed by atoms with van der Waals surface area (Å²) in [6.07, 6.45) is 0. The Hall–Kier alpha value is -1.84. The van der Waals surface area contributed by atoms with Crippen LogP contribution in [-0.2, 0) is 10.0 Å². The number of carbonyl (C=O) groups is 1. The van der Waals surface area contributed by atoms with E-state index in [9.17, 15) is 22.0 Å². The van der Waals surface area contributed by atoms with Gasteiger partial charge in [0.25, 0.3) is 0 Å². The number of hydrogen-bond donors (Lipinski definition) is 0. The second kappa shape index (κ2) is 7.19. The fourth-order valence-corrected chi connectivity index (χ4v) is 3.29. The highest BCUT2D eigenvalue weighted by Crippen LogP contribution is 2.27. The minimum atomic E-state index is -3.76. The molecule has 0 saturated carbocycles. The van der Waals surface area contributed by atoms with Crippen LogP contribution >= 0.6 is 15.9 Å². The quantitative estimate of drug-likeness (QED) is 0.420. The number of ether oxygens (including phenoxy) is 1. The molecule has 5 nitrogen and oxygen atoms in total. The number of carbonyl (C=O) groups excluding carboxylic acids is 1. The number of halogens is 3. The smallest absolute Gasteiger partial charge is 0.343 e. The van der Waals surface area contributed by atoms with Gasteiger partial charge in [0.15, 0.2) is 11.6 Å². The van der Waals surface area contributed by atoms with Crippen LogP contribution < -0.4 is 4.74 Å². The maximum absolute atomic E-state index is 13.8. The minimum Gasteiger partial charge on any atom is -0.420 e. The van der Waals surface area contributed by atoms with E-state index in [1.54, 1.807) is 6.92 Å². The summed E-state index contributed by atoms with van der Waals surface area (Å²) < 4.78 is 57.6. The van der Waals surface area contributed by atoms with Gasteiger partial charge in [0, 0.05) is 18.6 Å². The summed E-state index contributed by atoms with van der Waals surface area (Å²) in [4.78, 5) is 12.2. The van der Waals surface area contributed by atoms with Gasteiger partial charge in [-0.05, 0) is 36.8 Å². The molecule has 0 unspecified atom stereocenters. The van der Waals surface area contributed by atoms with Crippen LogP contribution in [0.5, 0.6) is 5.75 Å². The molecule has 0 fully saturated rings. The van der Waals surface area contributed by atoms with Crippen molar-refractivity contribution < 1.29 is 26.7 Å². The molecule has 0 aromatic heterocycles. The Labute approximate surface area is 152 Å². The minimum absolute atomic E-state index is 0.0669. The van der Waals surface area contributed by atoms with Gasteiger partial charge in [0.05, 0.1) is 10.5 Å². The summed E-state index contributed by atoms with van der Waals surface area (Å²) in [5.74, 6) is -4.09. The van der Waals surface area contributed by atoms with Crippen LogP contribution in [0.4, 0.5) is 8.78 Å². The maximum atomic E-state index is 13.8. The van der Waals surface area contributed by atoms with Crippen LogP contribution in [0.15, 0.2) is 39.7 Å². The maximum Gasteiger partial charge on any atom is 0.343 e. The van der Waals surface area contributed by atoms with E-state index >= 15 is 0 Å². The van der Waals surface area contributed by atoms with Gasteiger partial charge >= 0.3 is 5.97 Å². The van der Waals surface area contributed by atoms with E-state index in [1.165, 1.54) is 26.2 Å². The lowest BCUT2D eigenvalue weighted by atomic mass is 10.1. The predicted molar refractivity (Wildman–Crippen MR) is 91.1 cm³/mol. The molecule has 0 aliphatic carbocycles. The lowest BCUT2D eigenvalue weighted by Gasteiger charge is -2.13. The molecule has 0 N–H and O–H groups in total. The number of aryl methyl sites for hydroxylation is 1. The number of rotatable bonds is 4. The number of hydrogen-bond acceptors (Lipinski definition) is 4. The molecule has 9 heteroatoms. The lowest BCUT2D eigenvalue weighted by molar-refractivity contribution is 0.0725. The van der Waals surface area contributed by atoms with E-state index in [4.69, 9.17) is 4.74 Å².